The number of hydrogen-bond acceptors (Lipinski definition) is 5. The Kier molecular flexibility index (Phi) is 8.26. The van der Waals surface area contributed by atoms with E-state index in [0.717, 1.165) is 36.4 Å². The van der Waals surface area contributed by atoms with Crippen molar-refractivity contribution in [2.24, 2.45) is 0 Å². The molecule has 0 unspecified atom stereocenters. The molecule has 0 aromatic heterocycles. The second-order valence-corrected chi connectivity index (χ2v) is 11.5. The molecule has 1 heterocycles. The molecule has 1 atom stereocenters. The standard InChI is InChI=1S/C27H32FN3O5S/c1-19(26(33)29-22-8-3-2-4-9-22)30(18-20-13-15-21(28)16-14-20)25(32)12-7-17-31-27(34)23-10-5-6-11-24(23)37(31,35)36/h5-6,10-11,13-16,19,22H,2-4,7-9,12,17-18H2,1H3,(H,29,33)/t19-/m0/s1. The van der Waals surface area contributed by atoms with E-state index in [9.17, 15) is 27.2 Å². The maximum absolute atomic E-state index is 13.4. The molecule has 0 spiro atoms. The van der Waals surface area contributed by atoms with Gasteiger partial charge in [0.2, 0.25) is 11.8 Å². The summed E-state index contributed by atoms with van der Waals surface area (Å²) in [6.07, 6.45) is 5.12. The number of amides is 3. The lowest BCUT2D eigenvalue weighted by atomic mass is 9.95. The minimum Gasteiger partial charge on any atom is -0.352 e. The number of halogens is 1. The number of sulfonamides is 1. The minimum absolute atomic E-state index is 0.0303. The number of nitrogens with one attached hydrogen (secondary N) is 1. The average Bonchev–Trinajstić information content (AvgIpc) is 3.09. The van der Waals surface area contributed by atoms with E-state index in [2.05, 4.69) is 5.32 Å². The monoisotopic (exact) mass is 529 g/mol. The van der Waals surface area contributed by atoms with Gasteiger partial charge in [-0.25, -0.2) is 17.1 Å². The molecule has 0 bridgehead atoms. The molecule has 10 heteroatoms. The largest absolute Gasteiger partial charge is 0.352 e. The first-order chi connectivity index (χ1) is 17.7. The highest BCUT2D eigenvalue weighted by Gasteiger charge is 2.40. The third-order valence-electron chi connectivity index (χ3n) is 7.05. The summed E-state index contributed by atoms with van der Waals surface area (Å²) in [5.74, 6) is -1.61. The van der Waals surface area contributed by atoms with Crippen LogP contribution in [0.25, 0.3) is 0 Å². The van der Waals surface area contributed by atoms with Crippen molar-refractivity contribution >= 4 is 27.7 Å². The van der Waals surface area contributed by atoms with E-state index in [1.54, 1.807) is 31.2 Å². The van der Waals surface area contributed by atoms with Gasteiger partial charge in [-0.15, -0.1) is 0 Å². The van der Waals surface area contributed by atoms with Crippen LogP contribution < -0.4 is 5.32 Å². The van der Waals surface area contributed by atoms with Gasteiger partial charge in [0.05, 0.1) is 5.56 Å². The predicted octanol–water partition coefficient (Wildman–Crippen LogP) is 3.62. The summed E-state index contributed by atoms with van der Waals surface area (Å²) in [6, 6.07) is 11.1. The number of rotatable bonds is 9. The smallest absolute Gasteiger partial charge is 0.269 e. The van der Waals surface area contributed by atoms with Crippen LogP contribution in [-0.4, -0.2) is 54.0 Å². The third kappa shape index (κ3) is 6.01. The molecule has 0 radical (unpaired) electrons. The van der Waals surface area contributed by atoms with E-state index in [1.807, 2.05) is 0 Å². The topological polar surface area (TPSA) is 104 Å². The van der Waals surface area contributed by atoms with Crippen LogP contribution in [0.15, 0.2) is 53.4 Å². The Morgan fingerprint density at radius 3 is 2.43 bits per heavy atom. The number of carbonyl (C=O) groups excluding carboxylic acids is 3. The van der Waals surface area contributed by atoms with Gasteiger partial charge in [-0.3, -0.25) is 14.4 Å². The van der Waals surface area contributed by atoms with Gasteiger partial charge in [-0.1, -0.05) is 43.5 Å². The van der Waals surface area contributed by atoms with Crippen molar-refractivity contribution in [1.82, 2.24) is 14.5 Å². The molecule has 1 saturated carbocycles. The van der Waals surface area contributed by atoms with Gasteiger partial charge >= 0.3 is 0 Å². The molecule has 2 aliphatic rings. The quantitative estimate of drug-likeness (QED) is 0.535. The lowest BCUT2D eigenvalue weighted by molar-refractivity contribution is -0.141. The maximum Gasteiger partial charge on any atom is 0.269 e. The summed E-state index contributed by atoms with van der Waals surface area (Å²) in [7, 11) is -3.95. The summed E-state index contributed by atoms with van der Waals surface area (Å²) < 4.78 is 39.8. The van der Waals surface area contributed by atoms with Crippen LogP contribution in [0, 0.1) is 5.82 Å². The lowest BCUT2D eigenvalue weighted by Crippen LogP contribution is -2.50. The molecule has 2 aromatic rings. The Balaban J connectivity index is 1.43. The van der Waals surface area contributed by atoms with Crippen molar-refractivity contribution < 1.29 is 27.2 Å². The van der Waals surface area contributed by atoms with Gasteiger partial charge < -0.3 is 10.2 Å². The van der Waals surface area contributed by atoms with E-state index in [1.165, 1.54) is 29.2 Å². The SMILES string of the molecule is C[C@@H](C(=O)NC1CCCCC1)N(Cc1ccc(F)cc1)C(=O)CCCN1C(=O)c2ccccc2S1(=O)=O. The van der Waals surface area contributed by atoms with Crippen LogP contribution in [0.2, 0.25) is 0 Å². The number of benzene rings is 2. The Labute approximate surface area is 216 Å². The van der Waals surface area contributed by atoms with Crippen LogP contribution in [0.4, 0.5) is 4.39 Å². The summed E-state index contributed by atoms with van der Waals surface area (Å²) >= 11 is 0. The number of nitrogens with zero attached hydrogens (tertiary/aromatic N) is 2. The predicted molar refractivity (Wildman–Crippen MR) is 135 cm³/mol. The van der Waals surface area contributed by atoms with E-state index in [-0.39, 0.29) is 54.2 Å². The van der Waals surface area contributed by atoms with Crippen molar-refractivity contribution in [1.29, 1.82) is 0 Å². The number of fused-ring (bicyclic) bond motifs is 1. The fraction of sp³-hybridized carbons (Fsp3) is 0.444. The fourth-order valence-corrected chi connectivity index (χ4v) is 6.51. The molecular weight excluding hydrogens is 497 g/mol. The third-order valence-corrected chi connectivity index (χ3v) is 8.89. The van der Waals surface area contributed by atoms with E-state index in [0.29, 0.717) is 5.56 Å². The zero-order valence-electron chi connectivity index (χ0n) is 20.9. The highest BCUT2D eigenvalue weighted by Crippen LogP contribution is 2.30. The molecule has 3 amide bonds. The number of carbonyl (C=O) groups is 3. The second kappa shape index (κ2) is 11.4. The molecule has 198 valence electrons. The molecule has 4 rings (SSSR count). The first-order valence-electron chi connectivity index (χ1n) is 12.7. The maximum atomic E-state index is 13.4. The van der Waals surface area contributed by atoms with Gasteiger partial charge in [-0.05, 0) is 56.0 Å². The number of hydrogen-bond donors (Lipinski definition) is 1. The van der Waals surface area contributed by atoms with Crippen molar-refractivity contribution in [3.05, 3.63) is 65.5 Å². The molecule has 37 heavy (non-hydrogen) atoms. The second-order valence-electron chi connectivity index (χ2n) is 9.65. The van der Waals surface area contributed by atoms with E-state index in [4.69, 9.17) is 0 Å². The molecule has 2 aromatic carbocycles. The van der Waals surface area contributed by atoms with Crippen molar-refractivity contribution in [3.63, 3.8) is 0 Å². The Hall–Kier alpha value is -3.27. The molecule has 0 saturated heterocycles. The fourth-order valence-electron chi connectivity index (χ4n) is 4.91. The van der Waals surface area contributed by atoms with Crippen LogP contribution >= 0.6 is 0 Å². The van der Waals surface area contributed by atoms with Crippen molar-refractivity contribution in [3.8, 4) is 0 Å². The van der Waals surface area contributed by atoms with E-state index < -0.39 is 27.8 Å². The summed E-state index contributed by atoms with van der Waals surface area (Å²) in [5.41, 5.74) is 0.791. The normalized spacial score (nSPS) is 17.8. The van der Waals surface area contributed by atoms with Crippen molar-refractivity contribution in [2.75, 3.05) is 6.54 Å². The van der Waals surface area contributed by atoms with Crippen molar-refractivity contribution in [2.45, 2.75) is 75.4 Å². The Morgan fingerprint density at radius 1 is 1.08 bits per heavy atom. The molecule has 1 N–H and O–H groups in total. The zero-order chi connectivity index (χ0) is 26.6. The summed E-state index contributed by atoms with van der Waals surface area (Å²) in [6.45, 7) is 1.62. The van der Waals surface area contributed by atoms with Crippen LogP contribution in [0.1, 0.15) is 67.8 Å². The molecule has 1 aliphatic carbocycles. The Bertz CT molecular complexity index is 1260. The van der Waals surface area contributed by atoms with Crippen LogP contribution in [-0.2, 0) is 26.2 Å². The van der Waals surface area contributed by atoms with Gasteiger partial charge in [-0.2, -0.15) is 0 Å². The van der Waals surface area contributed by atoms with E-state index >= 15 is 0 Å². The highest BCUT2D eigenvalue weighted by molar-refractivity contribution is 7.90. The van der Waals surface area contributed by atoms with Crippen LogP contribution in [0.5, 0.6) is 0 Å². The lowest BCUT2D eigenvalue weighted by Gasteiger charge is -2.31. The minimum atomic E-state index is -3.95. The molecular formula is C27H32FN3O5S. The van der Waals surface area contributed by atoms with Gasteiger partial charge in [0.25, 0.3) is 15.9 Å². The summed E-state index contributed by atoms with van der Waals surface area (Å²) in [4.78, 5) is 40.4. The molecule has 1 aliphatic heterocycles. The highest BCUT2D eigenvalue weighted by atomic mass is 32.2. The molecule has 8 nitrogen and oxygen atoms in total. The Morgan fingerprint density at radius 2 is 1.76 bits per heavy atom. The van der Waals surface area contributed by atoms with Gasteiger partial charge in [0.1, 0.15) is 16.8 Å². The first kappa shape index (κ1) is 26.8. The average molecular weight is 530 g/mol. The first-order valence-corrected chi connectivity index (χ1v) is 14.1. The van der Waals surface area contributed by atoms with Gasteiger partial charge in [0, 0.05) is 25.6 Å². The summed E-state index contributed by atoms with van der Waals surface area (Å²) in [5, 5.41) is 3.05. The van der Waals surface area contributed by atoms with Crippen LogP contribution in [0.3, 0.4) is 0 Å². The molecule has 1 fully saturated rings. The zero-order valence-corrected chi connectivity index (χ0v) is 21.7. The van der Waals surface area contributed by atoms with Gasteiger partial charge in [0.15, 0.2) is 0 Å².